The highest BCUT2D eigenvalue weighted by Crippen LogP contribution is 2.16. The largest absolute Gasteiger partial charge is 0.356 e. The van der Waals surface area contributed by atoms with Crippen molar-refractivity contribution in [2.75, 3.05) is 39.8 Å². The zero-order valence-electron chi connectivity index (χ0n) is 17.1. The number of rotatable bonds is 5. The summed E-state index contributed by atoms with van der Waals surface area (Å²) in [7, 11) is 1.87. The van der Waals surface area contributed by atoms with Crippen molar-refractivity contribution in [2.45, 2.75) is 13.0 Å². The van der Waals surface area contributed by atoms with Crippen LogP contribution in [0.1, 0.15) is 11.1 Å². The van der Waals surface area contributed by atoms with Crippen LogP contribution in [0.3, 0.4) is 0 Å². The van der Waals surface area contributed by atoms with E-state index in [0.29, 0.717) is 0 Å². The maximum atomic E-state index is 4.56. The van der Waals surface area contributed by atoms with Crippen molar-refractivity contribution in [3.63, 3.8) is 0 Å². The molecule has 5 nitrogen and oxygen atoms in total. The van der Waals surface area contributed by atoms with Crippen LogP contribution in [0.4, 0.5) is 0 Å². The Morgan fingerprint density at radius 2 is 1.76 bits per heavy atom. The minimum Gasteiger partial charge on any atom is -0.356 e. The normalized spacial score (nSPS) is 15.6. The van der Waals surface area contributed by atoms with E-state index < -0.39 is 0 Å². The molecular weight excluding hydrogens is 358 g/mol. The lowest BCUT2D eigenvalue weighted by atomic mass is 10.1. The molecular formula is C24H29N5. The summed E-state index contributed by atoms with van der Waals surface area (Å²) < 4.78 is 0. The van der Waals surface area contributed by atoms with E-state index in [1.807, 2.05) is 19.3 Å². The maximum Gasteiger partial charge on any atom is 0.193 e. The van der Waals surface area contributed by atoms with Crippen LogP contribution in [0.5, 0.6) is 0 Å². The van der Waals surface area contributed by atoms with Crippen LogP contribution in [0.15, 0.2) is 71.9 Å². The van der Waals surface area contributed by atoms with Crippen molar-refractivity contribution >= 4 is 16.9 Å². The summed E-state index contributed by atoms with van der Waals surface area (Å²) in [4.78, 5) is 13.9. The molecule has 1 aliphatic rings. The molecule has 150 valence electrons. The summed E-state index contributed by atoms with van der Waals surface area (Å²) >= 11 is 0. The van der Waals surface area contributed by atoms with Crippen LogP contribution in [-0.4, -0.2) is 60.5 Å². The molecule has 1 fully saturated rings. The van der Waals surface area contributed by atoms with Gasteiger partial charge >= 0.3 is 0 Å². The second-order valence-electron chi connectivity index (χ2n) is 7.47. The second kappa shape index (κ2) is 9.52. The van der Waals surface area contributed by atoms with Gasteiger partial charge in [0.15, 0.2) is 5.96 Å². The molecule has 29 heavy (non-hydrogen) atoms. The van der Waals surface area contributed by atoms with Gasteiger partial charge in [0, 0.05) is 57.9 Å². The van der Waals surface area contributed by atoms with Crippen molar-refractivity contribution in [1.29, 1.82) is 0 Å². The van der Waals surface area contributed by atoms with E-state index in [0.717, 1.165) is 57.2 Å². The fraction of sp³-hybridized carbons (Fsp3) is 0.333. The molecule has 1 saturated heterocycles. The van der Waals surface area contributed by atoms with Crippen LogP contribution >= 0.6 is 0 Å². The van der Waals surface area contributed by atoms with Crippen LogP contribution in [0.25, 0.3) is 10.9 Å². The highest BCUT2D eigenvalue weighted by Gasteiger charge is 2.19. The van der Waals surface area contributed by atoms with Gasteiger partial charge in [-0.25, -0.2) is 0 Å². The maximum absolute atomic E-state index is 4.56. The van der Waals surface area contributed by atoms with Gasteiger partial charge in [-0.05, 0) is 23.6 Å². The highest BCUT2D eigenvalue weighted by atomic mass is 15.3. The Morgan fingerprint density at radius 1 is 0.966 bits per heavy atom. The Morgan fingerprint density at radius 3 is 2.55 bits per heavy atom. The van der Waals surface area contributed by atoms with E-state index in [9.17, 15) is 0 Å². The quantitative estimate of drug-likeness (QED) is 0.539. The van der Waals surface area contributed by atoms with E-state index in [1.165, 1.54) is 16.5 Å². The minimum absolute atomic E-state index is 0.854. The Labute approximate surface area is 173 Å². The first-order valence-electron chi connectivity index (χ1n) is 10.4. The summed E-state index contributed by atoms with van der Waals surface area (Å²) in [5, 5.41) is 4.74. The number of aromatic nitrogens is 1. The number of benzene rings is 2. The number of hydrogen-bond donors (Lipinski definition) is 1. The summed E-state index contributed by atoms with van der Waals surface area (Å²) in [5.41, 5.74) is 3.76. The third-order valence-corrected chi connectivity index (χ3v) is 5.53. The zero-order chi connectivity index (χ0) is 19.9. The van der Waals surface area contributed by atoms with Gasteiger partial charge in [0.1, 0.15) is 0 Å². The molecule has 0 saturated carbocycles. The van der Waals surface area contributed by atoms with Gasteiger partial charge in [-0.3, -0.25) is 14.9 Å². The molecule has 3 aromatic rings. The number of para-hydroxylation sites is 1. The molecule has 0 amide bonds. The molecule has 0 atom stereocenters. The highest BCUT2D eigenvalue weighted by molar-refractivity contribution is 5.82. The van der Waals surface area contributed by atoms with Crippen LogP contribution < -0.4 is 5.32 Å². The van der Waals surface area contributed by atoms with Crippen molar-refractivity contribution in [3.05, 3.63) is 78.0 Å². The van der Waals surface area contributed by atoms with Gasteiger partial charge in [0.2, 0.25) is 0 Å². The van der Waals surface area contributed by atoms with Crippen molar-refractivity contribution in [2.24, 2.45) is 4.99 Å². The molecule has 0 unspecified atom stereocenters. The number of pyridine rings is 1. The monoisotopic (exact) mass is 387 g/mol. The molecule has 1 aromatic heterocycles. The van der Waals surface area contributed by atoms with E-state index >= 15 is 0 Å². The number of nitrogens with zero attached hydrogens (tertiary/aromatic N) is 4. The van der Waals surface area contributed by atoms with Crippen LogP contribution in [0, 0.1) is 0 Å². The molecule has 4 rings (SSSR count). The average molecular weight is 388 g/mol. The van der Waals surface area contributed by atoms with E-state index in [2.05, 4.69) is 79.7 Å². The lowest BCUT2D eigenvalue weighted by molar-refractivity contribution is 0.172. The number of fused-ring (bicyclic) bond motifs is 1. The first-order chi connectivity index (χ1) is 14.3. The van der Waals surface area contributed by atoms with Crippen LogP contribution in [-0.2, 0) is 13.0 Å². The fourth-order valence-corrected chi connectivity index (χ4v) is 3.97. The molecule has 2 heterocycles. The molecule has 1 aliphatic heterocycles. The molecule has 0 aliphatic carbocycles. The summed E-state index contributed by atoms with van der Waals surface area (Å²) in [5.74, 6) is 0.998. The molecule has 0 spiro atoms. The van der Waals surface area contributed by atoms with E-state index in [-0.39, 0.29) is 0 Å². The lowest BCUT2D eigenvalue weighted by Crippen LogP contribution is -2.52. The SMILES string of the molecule is CN=C(NCCc1cccc2cccnc12)N1CCN(Cc2ccccc2)CC1. The number of aliphatic imine (C=N–C) groups is 1. The Kier molecular flexibility index (Phi) is 6.37. The Balaban J connectivity index is 1.28. The predicted molar refractivity (Wildman–Crippen MR) is 120 cm³/mol. The van der Waals surface area contributed by atoms with Crippen molar-refractivity contribution in [1.82, 2.24) is 20.1 Å². The predicted octanol–water partition coefficient (Wildman–Crippen LogP) is 3.17. The fourth-order valence-electron chi connectivity index (χ4n) is 3.97. The number of hydrogen-bond acceptors (Lipinski definition) is 3. The van der Waals surface area contributed by atoms with Crippen molar-refractivity contribution < 1.29 is 0 Å². The standard InChI is InChI=1S/C24H29N5/c1-25-24(27-14-12-22-10-5-9-21-11-6-13-26-23(21)22)29-17-15-28(16-18-29)19-20-7-3-2-4-8-20/h2-11,13H,12,14-19H2,1H3,(H,25,27). The van der Waals surface area contributed by atoms with Crippen LogP contribution in [0.2, 0.25) is 0 Å². The van der Waals surface area contributed by atoms with Gasteiger partial charge in [-0.2, -0.15) is 0 Å². The van der Waals surface area contributed by atoms with Gasteiger partial charge in [-0.1, -0.05) is 54.6 Å². The summed E-state index contributed by atoms with van der Waals surface area (Å²) in [6.07, 6.45) is 2.80. The third-order valence-electron chi connectivity index (χ3n) is 5.53. The Bertz CT molecular complexity index is 940. The first-order valence-corrected chi connectivity index (χ1v) is 10.4. The smallest absolute Gasteiger partial charge is 0.193 e. The van der Waals surface area contributed by atoms with Crippen molar-refractivity contribution in [3.8, 4) is 0 Å². The van der Waals surface area contributed by atoms with Gasteiger partial charge < -0.3 is 10.2 Å². The van der Waals surface area contributed by atoms with E-state index in [1.54, 1.807) is 0 Å². The van der Waals surface area contributed by atoms with Gasteiger partial charge in [-0.15, -0.1) is 0 Å². The summed E-state index contributed by atoms with van der Waals surface area (Å²) in [6, 6.07) is 21.2. The molecule has 1 N–H and O–H groups in total. The number of nitrogens with one attached hydrogen (secondary N) is 1. The minimum atomic E-state index is 0.854. The first kappa shape index (κ1) is 19.4. The van der Waals surface area contributed by atoms with Gasteiger partial charge in [0.25, 0.3) is 0 Å². The summed E-state index contributed by atoms with van der Waals surface area (Å²) in [6.45, 7) is 6.00. The molecule has 2 aromatic carbocycles. The molecule has 0 radical (unpaired) electrons. The molecule has 0 bridgehead atoms. The van der Waals surface area contributed by atoms with E-state index in [4.69, 9.17) is 0 Å². The second-order valence-corrected chi connectivity index (χ2v) is 7.47. The Hall–Kier alpha value is -2.92. The molecule has 5 heteroatoms. The third kappa shape index (κ3) is 4.93. The number of guanidine groups is 1. The van der Waals surface area contributed by atoms with Gasteiger partial charge in [0.05, 0.1) is 5.52 Å². The topological polar surface area (TPSA) is 43.8 Å². The zero-order valence-corrected chi connectivity index (χ0v) is 17.1. The average Bonchev–Trinajstić information content (AvgIpc) is 2.78. The number of piperazine rings is 1. The lowest BCUT2D eigenvalue weighted by Gasteiger charge is -2.36.